The van der Waals surface area contributed by atoms with E-state index in [2.05, 4.69) is 16.0 Å². The summed E-state index contributed by atoms with van der Waals surface area (Å²) in [7, 11) is 0. The van der Waals surface area contributed by atoms with Crippen LogP contribution in [0.3, 0.4) is 0 Å². The topological polar surface area (TPSA) is 53.2 Å². The Labute approximate surface area is 150 Å². The SMILES string of the molecule is CCC(=O)Nc1cccc(NC(=S)Nc2ccc(Cl)c(Cl)c2)c1. The molecule has 0 saturated carbocycles. The van der Waals surface area contributed by atoms with Crippen LogP contribution < -0.4 is 16.0 Å². The standard InChI is InChI=1S/C16H15Cl2N3OS/c1-2-15(22)19-10-4-3-5-11(8-10)20-16(23)21-12-6-7-13(17)14(18)9-12/h3-9H,2H2,1H3,(H,19,22)(H2,20,21,23). The lowest BCUT2D eigenvalue weighted by Gasteiger charge is -2.12. The maximum atomic E-state index is 11.4. The van der Waals surface area contributed by atoms with E-state index < -0.39 is 0 Å². The number of thiocarbonyl (C=S) groups is 1. The molecule has 0 heterocycles. The molecule has 0 spiro atoms. The fourth-order valence-electron chi connectivity index (χ4n) is 1.79. The van der Waals surface area contributed by atoms with Gasteiger partial charge in [-0.1, -0.05) is 36.2 Å². The van der Waals surface area contributed by atoms with Gasteiger partial charge in [-0.25, -0.2) is 0 Å². The Bertz CT molecular complexity index is 737. The smallest absolute Gasteiger partial charge is 0.224 e. The third-order valence-corrected chi connectivity index (χ3v) is 3.85. The van der Waals surface area contributed by atoms with Gasteiger partial charge in [0.05, 0.1) is 10.0 Å². The second-order valence-corrected chi connectivity index (χ2v) is 5.91. The minimum absolute atomic E-state index is 0.0429. The molecular weight excluding hydrogens is 353 g/mol. The predicted molar refractivity (Wildman–Crippen MR) is 102 cm³/mol. The summed E-state index contributed by atoms with van der Waals surface area (Å²) in [4.78, 5) is 11.4. The summed E-state index contributed by atoms with van der Waals surface area (Å²) in [5, 5.41) is 10.2. The summed E-state index contributed by atoms with van der Waals surface area (Å²) in [6.07, 6.45) is 0.426. The minimum Gasteiger partial charge on any atom is -0.332 e. The minimum atomic E-state index is -0.0429. The van der Waals surface area contributed by atoms with E-state index >= 15 is 0 Å². The highest BCUT2D eigenvalue weighted by Gasteiger charge is 2.04. The van der Waals surface area contributed by atoms with Gasteiger partial charge in [0.25, 0.3) is 0 Å². The van der Waals surface area contributed by atoms with Crippen LogP contribution in [0.4, 0.5) is 17.1 Å². The van der Waals surface area contributed by atoms with Crippen molar-refractivity contribution in [1.29, 1.82) is 0 Å². The molecule has 0 atom stereocenters. The van der Waals surface area contributed by atoms with Gasteiger partial charge < -0.3 is 16.0 Å². The molecule has 120 valence electrons. The molecule has 0 saturated heterocycles. The second-order valence-electron chi connectivity index (χ2n) is 4.69. The molecule has 0 bridgehead atoms. The lowest BCUT2D eigenvalue weighted by Crippen LogP contribution is -2.19. The molecule has 4 nitrogen and oxygen atoms in total. The monoisotopic (exact) mass is 367 g/mol. The zero-order valence-corrected chi connectivity index (χ0v) is 14.6. The molecule has 2 aromatic carbocycles. The summed E-state index contributed by atoms with van der Waals surface area (Å²) in [5.74, 6) is -0.0429. The van der Waals surface area contributed by atoms with Crippen LogP contribution in [-0.2, 0) is 4.79 Å². The molecule has 0 aliphatic rings. The summed E-state index contributed by atoms with van der Waals surface area (Å²) in [6, 6.07) is 12.5. The van der Waals surface area contributed by atoms with Crippen LogP contribution in [0.25, 0.3) is 0 Å². The molecule has 1 amide bonds. The van der Waals surface area contributed by atoms with Gasteiger partial charge in [0.1, 0.15) is 0 Å². The normalized spacial score (nSPS) is 10.0. The molecule has 0 aliphatic heterocycles. The van der Waals surface area contributed by atoms with Crippen molar-refractivity contribution in [3.8, 4) is 0 Å². The molecule has 23 heavy (non-hydrogen) atoms. The van der Waals surface area contributed by atoms with Gasteiger partial charge in [0, 0.05) is 23.5 Å². The van der Waals surface area contributed by atoms with Gasteiger partial charge in [-0.05, 0) is 48.6 Å². The van der Waals surface area contributed by atoms with E-state index in [-0.39, 0.29) is 5.91 Å². The summed E-state index contributed by atoms with van der Waals surface area (Å²) in [5.41, 5.74) is 2.20. The first-order valence-electron chi connectivity index (χ1n) is 6.91. The van der Waals surface area contributed by atoms with Crippen molar-refractivity contribution in [2.75, 3.05) is 16.0 Å². The Morgan fingerprint density at radius 2 is 1.57 bits per heavy atom. The Kier molecular flexibility index (Phi) is 6.21. The van der Waals surface area contributed by atoms with Crippen LogP contribution in [0.1, 0.15) is 13.3 Å². The number of benzene rings is 2. The average Bonchev–Trinajstić information content (AvgIpc) is 2.51. The fraction of sp³-hybridized carbons (Fsp3) is 0.125. The van der Waals surface area contributed by atoms with E-state index in [0.717, 1.165) is 11.4 Å². The fourth-order valence-corrected chi connectivity index (χ4v) is 2.33. The van der Waals surface area contributed by atoms with E-state index in [1.54, 1.807) is 31.2 Å². The highest BCUT2D eigenvalue weighted by Crippen LogP contribution is 2.25. The van der Waals surface area contributed by atoms with Crippen LogP contribution in [0, 0.1) is 0 Å². The lowest BCUT2D eigenvalue weighted by atomic mass is 10.2. The molecule has 7 heteroatoms. The highest BCUT2D eigenvalue weighted by molar-refractivity contribution is 7.80. The van der Waals surface area contributed by atoms with Crippen molar-refractivity contribution >= 4 is 63.5 Å². The number of nitrogens with one attached hydrogen (secondary N) is 3. The van der Waals surface area contributed by atoms with Crippen molar-refractivity contribution in [2.24, 2.45) is 0 Å². The number of rotatable bonds is 4. The summed E-state index contributed by atoms with van der Waals surface area (Å²) < 4.78 is 0. The number of carbonyl (C=O) groups is 1. The quantitative estimate of drug-likeness (QED) is 0.654. The van der Waals surface area contributed by atoms with Crippen molar-refractivity contribution in [3.05, 3.63) is 52.5 Å². The van der Waals surface area contributed by atoms with Crippen LogP contribution in [-0.4, -0.2) is 11.0 Å². The number of anilines is 3. The predicted octanol–water partition coefficient (Wildman–Crippen LogP) is 5.15. The molecule has 0 aromatic heterocycles. The Morgan fingerprint density at radius 1 is 0.957 bits per heavy atom. The molecule has 0 fully saturated rings. The number of hydrogen-bond donors (Lipinski definition) is 3. The molecular formula is C16H15Cl2N3OS. The van der Waals surface area contributed by atoms with Crippen LogP contribution in [0.5, 0.6) is 0 Å². The molecule has 2 aromatic rings. The van der Waals surface area contributed by atoms with Crippen molar-refractivity contribution in [2.45, 2.75) is 13.3 Å². The lowest BCUT2D eigenvalue weighted by molar-refractivity contribution is -0.115. The first-order valence-corrected chi connectivity index (χ1v) is 8.07. The third-order valence-electron chi connectivity index (χ3n) is 2.90. The van der Waals surface area contributed by atoms with Gasteiger partial charge in [-0.15, -0.1) is 0 Å². The van der Waals surface area contributed by atoms with Crippen molar-refractivity contribution < 1.29 is 4.79 Å². The average molecular weight is 368 g/mol. The van der Waals surface area contributed by atoms with Gasteiger partial charge in [-0.3, -0.25) is 4.79 Å². The number of carbonyl (C=O) groups excluding carboxylic acids is 1. The Hall–Kier alpha value is -1.82. The molecule has 0 aliphatic carbocycles. The number of amides is 1. The van der Waals surface area contributed by atoms with E-state index in [1.165, 1.54) is 0 Å². The summed E-state index contributed by atoms with van der Waals surface area (Å²) >= 11 is 17.1. The van der Waals surface area contributed by atoms with Gasteiger partial charge in [0.2, 0.25) is 5.91 Å². The zero-order valence-electron chi connectivity index (χ0n) is 12.3. The maximum absolute atomic E-state index is 11.4. The van der Waals surface area contributed by atoms with Crippen LogP contribution in [0.2, 0.25) is 10.0 Å². The summed E-state index contributed by atoms with van der Waals surface area (Å²) in [6.45, 7) is 1.80. The Morgan fingerprint density at radius 3 is 2.17 bits per heavy atom. The van der Waals surface area contributed by atoms with Gasteiger partial charge in [0.15, 0.2) is 5.11 Å². The van der Waals surface area contributed by atoms with Crippen molar-refractivity contribution in [1.82, 2.24) is 0 Å². The first-order chi connectivity index (χ1) is 11.0. The second kappa shape index (κ2) is 8.15. The van der Waals surface area contributed by atoms with Gasteiger partial charge >= 0.3 is 0 Å². The van der Waals surface area contributed by atoms with Crippen molar-refractivity contribution in [3.63, 3.8) is 0 Å². The third kappa shape index (κ3) is 5.39. The van der Waals surface area contributed by atoms with E-state index in [1.807, 2.05) is 18.2 Å². The molecule has 0 radical (unpaired) electrons. The molecule has 2 rings (SSSR count). The van der Waals surface area contributed by atoms with Crippen LogP contribution in [0.15, 0.2) is 42.5 Å². The largest absolute Gasteiger partial charge is 0.332 e. The Balaban J connectivity index is 2.00. The number of hydrogen-bond acceptors (Lipinski definition) is 2. The zero-order chi connectivity index (χ0) is 16.8. The first kappa shape index (κ1) is 17.5. The van der Waals surface area contributed by atoms with E-state index in [4.69, 9.17) is 35.4 Å². The van der Waals surface area contributed by atoms with Crippen LogP contribution >= 0.6 is 35.4 Å². The molecule has 0 unspecified atom stereocenters. The van der Waals surface area contributed by atoms with E-state index in [9.17, 15) is 4.79 Å². The number of halogens is 2. The molecule has 3 N–H and O–H groups in total. The highest BCUT2D eigenvalue weighted by atomic mass is 35.5. The van der Waals surface area contributed by atoms with Gasteiger partial charge in [-0.2, -0.15) is 0 Å². The van der Waals surface area contributed by atoms with E-state index in [0.29, 0.717) is 27.3 Å². The maximum Gasteiger partial charge on any atom is 0.224 e.